The molecule has 1 fully saturated rings. The van der Waals surface area contributed by atoms with Crippen LogP contribution < -0.4 is 5.32 Å². The van der Waals surface area contributed by atoms with Gasteiger partial charge in [-0.3, -0.25) is 24.6 Å². The van der Waals surface area contributed by atoms with E-state index >= 15 is 0 Å². The highest BCUT2D eigenvalue weighted by molar-refractivity contribution is 6.06. The van der Waals surface area contributed by atoms with Gasteiger partial charge in [0.1, 0.15) is 19.2 Å². The lowest BCUT2D eigenvalue weighted by atomic mass is 9.98. The number of nitrogens with zero attached hydrogens (tertiary/aromatic N) is 1. The number of amides is 3. The fraction of sp³-hybridized carbons (Fsp3) is 0.238. The molecule has 1 aliphatic carbocycles. The average Bonchev–Trinajstić information content (AvgIpc) is 3.20. The van der Waals surface area contributed by atoms with Crippen molar-refractivity contribution in [3.8, 4) is 11.1 Å². The Balaban J connectivity index is 1.54. The number of fused-ring (bicyclic) bond motifs is 3. The zero-order valence-corrected chi connectivity index (χ0v) is 15.3. The van der Waals surface area contributed by atoms with Gasteiger partial charge in [-0.05, 0) is 22.3 Å². The van der Waals surface area contributed by atoms with Crippen LogP contribution in [0.2, 0.25) is 0 Å². The molecule has 29 heavy (non-hydrogen) atoms. The van der Waals surface area contributed by atoms with Crippen molar-refractivity contribution in [2.45, 2.75) is 18.4 Å². The van der Waals surface area contributed by atoms with Crippen LogP contribution in [0.15, 0.2) is 48.5 Å². The number of aliphatic carboxylic acids is 1. The molecule has 148 valence electrons. The van der Waals surface area contributed by atoms with Crippen LogP contribution in [0.1, 0.15) is 23.5 Å². The third-order valence-corrected chi connectivity index (χ3v) is 5.20. The molecule has 2 aliphatic rings. The van der Waals surface area contributed by atoms with Crippen LogP contribution in [-0.4, -0.2) is 53.1 Å². The highest BCUT2D eigenvalue weighted by atomic mass is 16.6. The van der Waals surface area contributed by atoms with Gasteiger partial charge in [0.25, 0.3) is 0 Å². The molecular formula is C21H18N2O6. The first-order valence-electron chi connectivity index (χ1n) is 9.13. The van der Waals surface area contributed by atoms with E-state index in [0.717, 1.165) is 27.2 Å². The second-order valence-corrected chi connectivity index (χ2v) is 6.96. The SMILES string of the molecule is O=C(O)CN(C(=O)OCC1c2ccccc2-c2ccccc21)C1CC(=O)NC1=O. The molecule has 8 heteroatoms. The van der Waals surface area contributed by atoms with Gasteiger partial charge in [-0.1, -0.05) is 48.5 Å². The Morgan fingerprint density at radius 2 is 1.62 bits per heavy atom. The number of carboxylic acid groups (broad SMARTS) is 1. The Morgan fingerprint density at radius 1 is 1.03 bits per heavy atom. The summed E-state index contributed by atoms with van der Waals surface area (Å²) in [7, 11) is 0. The number of nitrogens with one attached hydrogen (secondary N) is 1. The van der Waals surface area contributed by atoms with E-state index in [4.69, 9.17) is 9.84 Å². The molecule has 1 atom stereocenters. The molecule has 2 aromatic rings. The fourth-order valence-corrected chi connectivity index (χ4v) is 3.92. The molecule has 2 N–H and O–H groups in total. The van der Waals surface area contributed by atoms with Crippen molar-refractivity contribution in [2.75, 3.05) is 13.2 Å². The monoisotopic (exact) mass is 394 g/mol. The Morgan fingerprint density at radius 3 is 2.14 bits per heavy atom. The summed E-state index contributed by atoms with van der Waals surface area (Å²) in [5.41, 5.74) is 4.15. The van der Waals surface area contributed by atoms with E-state index in [2.05, 4.69) is 5.32 Å². The standard InChI is InChI=1S/C21H18N2O6/c24-18-9-17(20(27)22-18)23(10-19(25)26)21(28)29-11-16-14-7-3-1-5-12(14)13-6-2-4-8-15(13)16/h1-8,16-17H,9-11H2,(H,25,26)(H,22,24,27). The van der Waals surface area contributed by atoms with Gasteiger partial charge in [0, 0.05) is 5.92 Å². The van der Waals surface area contributed by atoms with E-state index < -0.39 is 36.5 Å². The lowest BCUT2D eigenvalue weighted by Crippen LogP contribution is -2.47. The first-order chi connectivity index (χ1) is 14.0. The van der Waals surface area contributed by atoms with Gasteiger partial charge >= 0.3 is 12.1 Å². The van der Waals surface area contributed by atoms with Crippen LogP contribution >= 0.6 is 0 Å². The van der Waals surface area contributed by atoms with E-state index in [1.165, 1.54) is 0 Å². The van der Waals surface area contributed by atoms with E-state index in [9.17, 15) is 19.2 Å². The molecular weight excluding hydrogens is 376 g/mol. The Bertz CT molecular complexity index is 972. The Hall–Kier alpha value is -3.68. The van der Waals surface area contributed by atoms with E-state index in [1.54, 1.807) is 0 Å². The Kier molecular flexibility index (Phi) is 4.75. The third-order valence-electron chi connectivity index (χ3n) is 5.20. The minimum atomic E-state index is -1.30. The van der Waals surface area contributed by atoms with E-state index in [-0.39, 0.29) is 18.9 Å². The lowest BCUT2D eigenvalue weighted by molar-refractivity contribution is -0.139. The third kappa shape index (κ3) is 3.44. The highest BCUT2D eigenvalue weighted by Crippen LogP contribution is 2.44. The predicted octanol–water partition coefficient (Wildman–Crippen LogP) is 1.74. The van der Waals surface area contributed by atoms with Gasteiger partial charge < -0.3 is 9.84 Å². The number of rotatable bonds is 5. The number of carbonyl (C=O) groups is 4. The summed E-state index contributed by atoms with van der Waals surface area (Å²) in [5.74, 6) is -2.76. The van der Waals surface area contributed by atoms with Crippen LogP contribution in [0.3, 0.4) is 0 Å². The first kappa shape index (κ1) is 18.7. The molecule has 3 amide bonds. The largest absolute Gasteiger partial charge is 0.480 e. The van der Waals surface area contributed by atoms with Crippen molar-refractivity contribution in [3.63, 3.8) is 0 Å². The molecule has 2 aromatic carbocycles. The highest BCUT2D eigenvalue weighted by Gasteiger charge is 2.40. The number of benzene rings is 2. The number of carboxylic acids is 1. The van der Waals surface area contributed by atoms with Crippen LogP contribution in [0.5, 0.6) is 0 Å². The van der Waals surface area contributed by atoms with Gasteiger partial charge in [0.15, 0.2) is 0 Å². The second kappa shape index (κ2) is 7.38. The molecule has 4 rings (SSSR count). The van der Waals surface area contributed by atoms with Gasteiger partial charge in [-0.15, -0.1) is 0 Å². The molecule has 0 saturated carbocycles. The number of hydrogen-bond donors (Lipinski definition) is 2. The summed E-state index contributed by atoms with van der Waals surface area (Å²) in [4.78, 5) is 48.0. The molecule has 1 unspecified atom stereocenters. The maximum atomic E-state index is 12.6. The first-order valence-corrected chi connectivity index (χ1v) is 9.13. The number of ether oxygens (including phenoxy) is 1. The maximum Gasteiger partial charge on any atom is 0.411 e. The molecule has 1 aliphatic heterocycles. The minimum absolute atomic E-state index is 0.00867. The van der Waals surface area contributed by atoms with Crippen molar-refractivity contribution in [1.82, 2.24) is 10.2 Å². The van der Waals surface area contributed by atoms with Crippen LogP contribution in [0, 0.1) is 0 Å². The topological polar surface area (TPSA) is 113 Å². The van der Waals surface area contributed by atoms with E-state index in [1.807, 2.05) is 48.5 Å². The van der Waals surface area contributed by atoms with Gasteiger partial charge in [-0.25, -0.2) is 4.79 Å². The Labute approximate surface area is 166 Å². The second-order valence-electron chi connectivity index (χ2n) is 6.96. The molecule has 8 nitrogen and oxygen atoms in total. The maximum absolute atomic E-state index is 12.6. The summed E-state index contributed by atoms with van der Waals surface area (Å²) in [6.07, 6.45) is -1.22. The summed E-state index contributed by atoms with van der Waals surface area (Å²) in [6, 6.07) is 14.4. The van der Waals surface area contributed by atoms with Crippen molar-refractivity contribution in [3.05, 3.63) is 59.7 Å². The van der Waals surface area contributed by atoms with Crippen LogP contribution in [-0.2, 0) is 19.1 Å². The van der Waals surface area contributed by atoms with Gasteiger partial charge in [0.2, 0.25) is 11.8 Å². The van der Waals surface area contributed by atoms with Crippen LogP contribution in [0.4, 0.5) is 4.79 Å². The average molecular weight is 394 g/mol. The molecule has 0 spiro atoms. The van der Waals surface area contributed by atoms with Crippen molar-refractivity contribution >= 4 is 23.9 Å². The molecule has 0 radical (unpaired) electrons. The summed E-state index contributed by atoms with van der Waals surface area (Å²) >= 11 is 0. The smallest absolute Gasteiger partial charge is 0.411 e. The zero-order valence-electron chi connectivity index (χ0n) is 15.3. The normalized spacial score (nSPS) is 17.4. The number of imide groups is 1. The molecule has 0 aromatic heterocycles. The summed E-state index contributed by atoms with van der Waals surface area (Å²) in [5, 5.41) is 11.2. The number of hydrogen-bond acceptors (Lipinski definition) is 5. The predicted molar refractivity (Wildman–Crippen MR) is 101 cm³/mol. The summed E-state index contributed by atoms with van der Waals surface area (Å²) in [6.45, 7) is -0.743. The molecule has 1 saturated heterocycles. The van der Waals surface area contributed by atoms with Crippen molar-refractivity contribution < 1.29 is 29.0 Å². The van der Waals surface area contributed by atoms with Crippen LogP contribution in [0.25, 0.3) is 11.1 Å². The van der Waals surface area contributed by atoms with Crippen molar-refractivity contribution in [1.29, 1.82) is 0 Å². The van der Waals surface area contributed by atoms with Gasteiger partial charge in [-0.2, -0.15) is 0 Å². The van der Waals surface area contributed by atoms with E-state index in [0.29, 0.717) is 0 Å². The van der Waals surface area contributed by atoms with Crippen molar-refractivity contribution in [2.24, 2.45) is 0 Å². The summed E-state index contributed by atoms with van der Waals surface area (Å²) < 4.78 is 5.43. The fourth-order valence-electron chi connectivity index (χ4n) is 3.92. The molecule has 1 heterocycles. The minimum Gasteiger partial charge on any atom is -0.480 e. The number of carbonyl (C=O) groups excluding carboxylic acids is 3. The quantitative estimate of drug-likeness (QED) is 0.747. The zero-order chi connectivity index (χ0) is 20.5. The lowest BCUT2D eigenvalue weighted by Gasteiger charge is -2.25. The molecule has 0 bridgehead atoms. The van der Waals surface area contributed by atoms with Gasteiger partial charge in [0.05, 0.1) is 6.42 Å².